The lowest BCUT2D eigenvalue weighted by Gasteiger charge is -2.48. The highest BCUT2D eigenvalue weighted by Gasteiger charge is 2.50. The van der Waals surface area contributed by atoms with Crippen LogP contribution in [0.15, 0.2) is 0 Å². The van der Waals surface area contributed by atoms with Crippen LogP contribution in [0.5, 0.6) is 0 Å². The molecule has 2 aliphatic heterocycles. The molecule has 0 aromatic heterocycles. The van der Waals surface area contributed by atoms with Crippen LogP contribution in [0.1, 0.15) is 40.0 Å². The quantitative estimate of drug-likeness (QED) is 0.167. The predicted octanol–water partition coefficient (Wildman–Crippen LogP) is -3.85. The Morgan fingerprint density at radius 3 is 1.83 bits per heavy atom. The summed E-state index contributed by atoms with van der Waals surface area (Å²) in [6.45, 7) is 6.05. The van der Waals surface area contributed by atoms with Crippen molar-refractivity contribution in [3.63, 3.8) is 0 Å². The Labute approximate surface area is 206 Å². The molecule has 0 aromatic rings. The van der Waals surface area contributed by atoms with Crippen molar-refractivity contribution in [3.8, 4) is 0 Å². The molecule has 3 rings (SSSR count). The van der Waals surface area contributed by atoms with Crippen molar-refractivity contribution in [2.75, 3.05) is 6.54 Å². The average molecular weight is 508 g/mol. The minimum Gasteiger partial charge on any atom is -0.390 e. The summed E-state index contributed by atoms with van der Waals surface area (Å²) in [6.07, 6.45) is -9.17. The molecule has 3 fully saturated rings. The van der Waals surface area contributed by atoms with Gasteiger partial charge in [0.05, 0.1) is 36.5 Å². The van der Waals surface area contributed by atoms with Gasteiger partial charge >= 0.3 is 0 Å². The van der Waals surface area contributed by atoms with Gasteiger partial charge in [0, 0.05) is 18.6 Å². The van der Waals surface area contributed by atoms with Crippen molar-refractivity contribution in [2.45, 2.75) is 126 Å². The second-order valence-corrected chi connectivity index (χ2v) is 11.4. The summed E-state index contributed by atoms with van der Waals surface area (Å²) in [4.78, 5) is 0. The first-order valence-electron chi connectivity index (χ1n) is 12.3. The number of aliphatic hydroxyl groups excluding tert-OH is 4. The summed E-state index contributed by atoms with van der Waals surface area (Å²) >= 11 is 0. The fourth-order valence-electron chi connectivity index (χ4n) is 5.05. The van der Waals surface area contributed by atoms with Gasteiger partial charge in [0.1, 0.15) is 24.4 Å². The highest BCUT2D eigenvalue weighted by molar-refractivity contribution is 5.01. The lowest BCUT2D eigenvalue weighted by molar-refractivity contribution is -0.314. The van der Waals surface area contributed by atoms with Crippen LogP contribution in [0.3, 0.4) is 0 Å². The first-order chi connectivity index (χ1) is 16.2. The normalized spacial score (nSPS) is 49.7. The maximum Gasteiger partial charge on any atom is 0.186 e. The van der Waals surface area contributed by atoms with Crippen molar-refractivity contribution >= 4 is 0 Å². The van der Waals surface area contributed by atoms with E-state index in [1.165, 1.54) is 0 Å². The molecule has 3 aliphatic rings. The molecule has 2 heterocycles. The van der Waals surface area contributed by atoms with E-state index in [0.717, 1.165) is 0 Å². The molecule has 0 bridgehead atoms. The number of rotatable bonds is 6. The smallest absolute Gasteiger partial charge is 0.186 e. The Balaban J connectivity index is 1.72. The molecule has 14 N–H and O–H groups in total. The number of aliphatic hydroxyl groups is 4. The molecular formula is C22H45N5O8. The van der Waals surface area contributed by atoms with Crippen LogP contribution in [0, 0.1) is 5.41 Å². The van der Waals surface area contributed by atoms with Crippen LogP contribution in [0.25, 0.3) is 0 Å². The van der Waals surface area contributed by atoms with Gasteiger partial charge in [0.2, 0.25) is 0 Å². The zero-order valence-electron chi connectivity index (χ0n) is 20.7. The molecule has 14 unspecified atom stereocenters. The molecule has 2 saturated heterocycles. The van der Waals surface area contributed by atoms with Gasteiger partial charge in [0.25, 0.3) is 0 Å². The van der Waals surface area contributed by atoms with Crippen molar-refractivity contribution < 1.29 is 39.4 Å². The van der Waals surface area contributed by atoms with Crippen molar-refractivity contribution in [2.24, 2.45) is 34.1 Å². The van der Waals surface area contributed by atoms with E-state index in [0.29, 0.717) is 6.42 Å². The predicted molar refractivity (Wildman–Crippen MR) is 125 cm³/mol. The Hall–Kier alpha value is -0.520. The Morgan fingerprint density at radius 2 is 1.29 bits per heavy atom. The van der Waals surface area contributed by atoms with Gasteiger partial charge in [-0.05, 0) is 24.7 Å². The summed E-state index contributed by atoms with van der Waals surface area (Å²) in [5, 5.41) is 42.4. The van der Waals surface area contributed by atoms with E-state index in [-0.39, 0.29) is 24.8 Å². The molecule has 1 aliphatic carbocycles. The Kier molecular flexibility index (Phi) is 9.52. The minimum absolute atomic E-state index is 0.0718. The monoisotopic (exact) mass is 507 g/mol. The van der Waals surface area contributed by atoms with Gasteiger partial charge in [-0.1, -0.05) is 20.8 Å². The fraction of sp³-hybridized carbons (Fsp3) is 1.00. The topological polar surface area (TPSA) is 248 Å². The lowest BCUT2D eigenvalue weighted by atomic mass is 9.83. The zero-order chi connectivity index (χ0) is 26.2. The second-order valence-electron chi connectivity index (χ2n) is 11.4. The third-order valence-corrected chi connectivity index (χ3v) is 7.05. The van der Waals surface area contributed by atoms with E-state index < -0.39 is 85.6 Å². The molecule has 13 nitrogen and oxygen atoms in total. The van der Waals surface area contributed by atoms with Crippen molar-refractivity contribution in [1.82, 2.24) is 0 Å². The second kappa shape index (κ2) is 11.5. The van der Waals surface area contributed by atoms with Gasteiger partial charge in [-0.25, -0.2) is 0 Å². The largest absolute Gasteiger partial charge is 0.390 e. The maximum atomic E-state index is 11.2. The van der Waals surface area contributed by atoms with Gasteiger partial charge in [-0.2, -0.15) is 0 Å². The number of hydrogen-bond donors (Lipinski definition) is 9. The van der Waals surface area contributed by atoms with Crippen LogP contribution in [0.2, 0.25) is 0 Å². The van der Waals surface area contributed by atoms with Crippen LogP contribution < -0.4 is 28.7 Å². The number of ether oxygens (including phenoxy) is 4. The standard InChI is InChI=1S/C22H45N5O8/c1-22(2,3)6-12-15(29)14(27)16(30)21(32-12)35-19-9(25)4-8(24)18(17(19)31)34-20-10(26)5-11(28)13(7-23)33-20/h8-21,28-31H,4-7,23-27H2,1-3H3. The third kappa shape index (κ3) is 6.68. The van der Waals surface area contributed by atoms with E-state index in [4.69, 9.17) is 47.6 Å². The highest BCUT2D eigenvalue weighted by Crippen LogP contribution is 2.33. The molecule has 0 radical (unpaired) electrons. The van der Waals surface area contributed by atoms with E-state index in [1.54, 1.807) is 0 Å². The Bertz CT molecular complexity index is 687. The first-order valence-corrected chi connectivity index (χ1v) is 12.3. The Morgan fingerprint density at radius 1 is 0.743 bits per heavy atom. The lowest BCUT2D eigenvalue weighted by Crippen LogP contribution is -2.68. The molecule has 0 amide bonds. The van der Waals surface area contributed by atoms with E-state index in [2.05, 4.69) is 0 Å². The molecule has 206 valence electrons. The SMILES string of the molecule is CC(C)(C)CC1OC(OC2C(N)CC(N)C(OC3OC(CN)C(O)CC3N)C2O)C(O)C(N)C1O. The summed E-state index contributed by atoms with van der Waals surface area (Å²) in [6, 6.07) is -3.03. The van der Waals surface area contributed by atoms with Crippen LogP contribution in [-0.2, 0) is 18.9 Å². The van der Waals surface area contributed by atoms with Crippen LogP contribution in [-0.4, -0.2) is 113 Å². The number of hydrogen-bond acceptors (Lipinski definition) is 13. The van der Waals surface area contributed by atoms with Crippen LogP contribution in [0.4, 0.5) is 0 Å². The highest BCUT2D eigenvalue weighted by atomic mass is 16.7. The van der Waals surface area contributed by atoms with E-state index in [9.17, 15) is 20.4 Å². The molecule has 14 atom stereocenters. The summed E-state index contributed by atoms with van der Waals surface area (Å²) in [7, 11) is 0. The molecular weight excluding hydrogens is 462 g/mol. The zero-order valence-corrected chi connectivity index (χ0v) is 20.7. The molecule has 35 heavy (non-hydrogen) atoms. The number of nitrogens with two attached hydrogens (primary N) is 5. The van der Waals surface area contributed by atoms with Crippen molar-refractivity contribution in [3.05, 3.63) is 0 Å². The first kappa shape index (κ1) is 29.0. The van der Waals surface area contributed by atoms with Gasteiger partial charge in [-0.15, -0.1) is 0 Å². The molecule has 13 heteroatoms. The third-order valence-electron chi connectivity index (χ3n) is 7.05. The maximum absolute atomic E-state index is 11.2. The van der Waals surface area contributed by atoms with E-state index in [1.807, 2.05) is 20.8 Å². The van der Waals surface area contributed by atoms with Crippen molar-refractivity contribution in [1.29, 1.82) is 0 Å². The van der Waals surface area contributed by atoms with Gasteiger partial charge in [0.15, 0.2) is 12.6 Å². The molecule has 0 aromatic carbocycles. The molecule has 0 spiro atoms. The van der Waals surface area contributed by atoms with Gasteiger partial charge < -0.3 is 68.0 Å². The van der Waals surface area contributed by atoms with E-state index >= 15 is 0 Å². The summed E-state index contributed by atoms with van der Waals surface area (Å²) in [5.41, 5.74) is 30.1. The average Bonchev–Trinajstić information content (AvgIpc) is 2.75. The summed E-state index contributed by atoms with van der Waals surface area (Å²) in [5.74, 6) is 0. The minimum atomic E-state index is -1.35. The van der Waals surface area contributed by atoms with Crippen LogP contribution >= 0.6 is 0 Å². The molecule has 1 saturated carbocycles. The summed E-state index contributed by atoms with van der Waals surface area (Å²) < 4.78 is 23.6. The fourth-order valence-corrected chi connectivity index (χ4v) is 5.05. The van der Waals surface area contributed by atoms with Gasteiger partial charge in [-0.3, -0.25) is 0 Å².